The summed E-state index contributed by atoms with van der Waals surface area (Å²) in [5.74, 6) is 0.720. The van der Waals surface area contributed by atoms with Crippen LogP contribution < -0.4 is 5.48 Å². The van der Waals surface area contributed by atoms with E-state index in [1.165, 1.54) is 23.1 Å². The Hall–Kier alpha value is 0.0600. The largest absolute Gasteiger partial charge is 0.410 e. The SMILES string of the molecule is C=C1N=C(NOP(=O)(OCC)SCCC)SC1(C)CC. The summed E-state index contributed by atoms with van der Waals surface area (Å²) in [6.45, 7) is 9.08. The van der Waals surface area contributed by atoms with Crippen LogP contribution in [0.2, 0.25) is 0 Å². The lowest BCUT2D eigenvalue weighted by Crippen LogP contribution is -2.22. The third-order valence-corrected chi connectivity index (χ3v) is 8.00. The van der Waals surface area contributed by atoms with Crippen LogP contribution in [0.1, 0.15) is 40.5 Å². The second-order valence-electron chi connectivity index (χ2n) is 4.44. The average molecular weight is 338 g/mol. The molecule has 20 heavy (non-hydrogen) atoms. The molecule has 0 saturated heterocycles. The molecule has 2 unspecified atom stereocenters. The molecule has 1 heterocycles. The average Bonchev–Trinajstić information content (AvgIpc) is 2.71. The van der Waals surface area contributed by atoms with E-state index in [1.807, 2.05) is 6.92 Å². The molecule has 0 spiro atoms. The number of thioether (sulfide) groups is 1. The molecule has 1 rings (SSSR count). The van der Waals surface area contributed by atoms with Crippen LogP contribution in [-0.2, 0) is 13.7 Å². The Labute approximate surface area is 129 Å². The molecule has 0 aromatic carbocycles. The van der Waals surface area contributed by atoms with Crippen molar-refractivity contribution in [2.24, 2.45) is 4.99 Å². The van der Waals surface area contributed by atoms with Gasteiger partial charge in [-0.25, -0.2) is 15.0 Å². The van der Waals surface area contributed by atoms with E-state index in [1.54, 1.807) is 6.92 Å². The van der Waals surface area contributed by atoms with Gasteiger partial charge >= 0.3 is 6.80 Å². The maximum Gasteiger partial charge on any atom is 0.410 e. The molecule has 2 atom stereocenters. The lowest BCUT2D eigenvalue weighted by atomic mass is 10.1. The van der Waals surface area contributed by atoms with Gasteiger partial charge in [0, 0.05) is 5.75 Å². The highest BCUT2D eigenvalue weighted by Gasteiger charge is 2.36. The second-order valence-corrected chi connectivity index (χ2v) is 10.1. The molecule has 0 fully saturated rings. The van der Waals surface area contributed by atoms with Gasteiger partial charge in [-0.15, -0.1) is 0 Å². The summed E-state index contributed by atoms with van der Waals surface area (Å²) in [5.41, 5.74) is 3.47. The van der Waals surface area contributed by atoms with Crippen molar-refractivity contribution in [2.45, 2.75) is 45.3 Å². The zero-order valence-electron chi connectivity index (χ0n) is 12.5. The first-order valence-electron chi connectivity index (χ1n) is 6.70. The number of hydroxylamine groups is 1. The molecule has 0 radical (unpaired) electrons. The van der Waals surface area contributed by atoms with Crippen molar-refractivity contribution < 1.29 is 13.7 Å². The van der Waals surface area contributed by atoms with E-state index >= 15 is 0 Å². The quantitative estimate of drug-likeness (QED) is 0.516. The number of amidine groups is 1. The van der Waals surface area contributed by atoms with Crippen LogP contribution in [0.3, 0.4) is 0 Å². The Morgan fingerprint density at radius 2 is 2.20 bits per heavy atom. The lowest BCUT2D eigenvalue weighted by molar-refractivity contribution is 0.198. The van der Waals surface area contributed by atoms with E-state index in [2.05, 4.69) is 30.9 Å². The van der Waals surface area contributed by atoms with Gasteiger partial charge in [0.05, 0.1) is 17.1 Å². The summed E-state index contributed by atoms with van der Waals surface area (Å²) in [6, 6.07) is 0. The molecule has 1 aliphatic rings. The Kier molecular flexibility index (Phi) is 7.15. The third-order valence-electron chi connectivity index (χ3n) is 2.83. The van der Waals surface area contributed by atoms with E-state index in [4.69, 9.17) is 9.15 Å². The fraction of sp³-hybridized carbons (Fsp3) is 0.750. The molecule has 1 N–H and O–H groups in total. The van der Waals surface area contributed by atoms with Crippen molar-refractivity contribution in [3.63, 3.8) is 0 Å². The Morgan fingerprint density at radius 3 is 2.70 bits per heavy atom. The normalized spacial score (nSPS) is 25.4. The van der Waals surface area contributed by atoms with Crippen molar-refractivity contribution in [3.8, 4) is 0 Å². The summed E-state index contributed by atoms with van der Waals surface area (Å²) in [6.07, 6.45) is 1.82. The molecule has 0 amide bonds. The maximum absolute atomic E-state index is 12.4. The number of nitrogens with zero attached hydrogens (tertiary/aromatic N) is 1. The second kappa shape index (κ2) is 7.90. The van der Waals surface area contributed by atoms with Crippen LogP contribution in [0.25, 0.3) is 0 Å². The predicted molar refractivity (Wildman–Crippen MR) is 89.1 cm³/mol. The van der Waals surface area contributed by atoms with Crippen LogP contribution in [0.4, 0.5) is 0 Å². The van der Waals surface area contributed by atoms with Gasteiger partial charge in [-0.2, -0.15) is 4.62 Å². The van der Waals surface area contributed by atoms with Gasteiger partial charge in [0.2, 0.25) is 0 Å². The first-order chi connectivity index (χ1) is 9.39. The molecule has 0 aliphatic carbocycles. The summed E-state index contributed by atoms with van der Waals surface area (Å²) >= 11 is 2.73. The molecule has 0 aromatic heterocycles. The molecule has 0 bridgehead atoms. The lowest BCUT2D eigenvalue weighted by Gasteiger charge is -2.21. The van der Waals surface area contributed by atoms with E-state index in [0.29, 0.717) is 11.8 Å². The van der Waals surface area contributed by atoms with Gasteiger partial charge in [0.25, 0.3) is 0 Å². The van der Waals surface area contributed by atoms with Gasteiger partial charge in [-0.1, -0.05) is 32.2 Å². The van der Waals surface area contributed by atoms with Crippen LogP contribution in [0, 0.1) is 0 Å². The minimum absolute atomic E-state index is 0.127. The van der Waals surface area contributed by atoms with E-state index in [-0.39, 0.29) is 4.75 Å². The summed E-state index contributed by atoms with van der Waals surface area (Å²) in [4.78, 5) is 4.32. The number of hydrogen-bond acceptors (Lipinski definition) is 7. The topological polar surface area (TPSA) is 59.9 Å². The zero-order chi connectivity index (χ0) is 15.2. The van der Waals surface area contributed by atoms with Crippen molar-refractivity contribution >= 4 is 35.1 Å². The highest BCUT2D eigenvalue weighted by atomic mass is 32.7. The number of nitrogens with one attached hydrogen (secondary N) is 1. The molecule has 0 aromatic rings. The minimum Gasteiger partial charge on any atom is -0.300 e. The van der Waals surface area contributed by atoms with Gasteiger partial charge in [-0.3, -0.25) is 4.52 Å². The van der Waals surface area contributed by atoms with Crippen molar-refractivity contribution in [1.82, 2.24) is 5.48 Å². The van der Waals surface area contributed by atoms with E-state index < -0.39 is 6.80 Å². The molecule has 5 nitrogen and oxygen atoms in total. The summed E-state index contributed by atoms with van der Waals surface area (Å²) in [5, 5.41) is 0.580. The van der Waals surface area contributed by atoms with Crippen molar-refractivity contribution in [1.29, 1.82) is 0 Å². The first-order valence-corrected chi connectivity index (χ1v) is 10.6. The molecule has 116 valence electrons. The highest BCUT2D eigenvalue weighted by Crippen LogP contribution is 2.60. The van der Waals surface area contributed by atoms with Crippen molar-refractivity contribution in [2.75, 3.05) is 12.4 Å². The fourth-order valence-electron chi connectivity index (χ4n) is 1.40. The number of aliphatic imine (C=N–C) groups is 1. The van der Waals surface area contributed by atoms with Gasteiger partial charge in [0.1, 0.15) is 0 Å². The standard InChI is InChI=1S/C12H23N2O3PS2/c1-6-9-19-18(15,16-8-3)17-14-11-13-10(4)12(5,7-2)20-11/h4,6-9H2,1-3,5H3,(H,13,14). The minimum atomic E-state index is -3.18. The molecule has 0 saturated carbocycles. The van der Waals surface area contributed by atoms with Gasteiger partial charge in [0.15, 0.2) is 5.17 Å². The molecular weight excluding hydrogens is 315 g/mol. The summed E-state index contributed by atoms with van der Waals surface area (Å²) < 4.78 is 22.8. The zero-order valence-corrected chi connectivity index (χ0v) is 15.0. The van der Waals surface area contributed by atoms with Crippen LogP contribution in [0.15, 0.2) is 17.3 Å². The van der Waals surface area contributed by atoms with Crippen molar-refractivity contribution in [3.05, 3.63) is 12.3 Å². The predicted octanol–water partition coefficient (Wildman–Crippen LogP) is 4.58. The Balaban J connectivity index is 2.59. The Bertz CT molecular complexity index is 431. The van der Waals surface area contributed by atoms with Crippen LogP contribution in [-0.4, -0.2) is 22.3 Å². The monoisotopic (exact) mass is 338 g/mol. The molecule has 8 heteroatoms. The summed E-state index contributed by atoms with van der Waals surface area (Å²) in [7, 11) is 0. The molecule has 1 aliphatic heterocycles. The van der Waals surface area contributed by atoms with Crippen LogP contribution in [0.5, 0.6) is 0 Å². The number of rotatable bonds is 8. The van der Waals surface area contributed by atoms with E-state index in [0.717, 1.165) is 24.3 Å². The maximum atomic E-state index is 12.4. The van der Waals surface area contributed by atoms with Gasteiger partial charge in [-0.05, 0) is 38.1 Å². The first kappa shape index (κ1) is 18.1. The Morgan fingerprint density at radius 1 is 1.50 bits per heavy atom. The molecular formula is C12H23N2O3PS2. The number of hydrogen-bond donors (Lipinski definition) is 1. The van der Waals surface area contributed by atoms with Crippen LogP contribution >= 0.6 is 29.9 Å². The smallest absolute Gasteiger partial charge is 0.300 e. The highest BCUT2D eigenvalue weighted by molar-refractivity contribution is 8.55. The van der Waals surface area contributed by atoms with E-state index in [9.17, 15) is 4.57 Å². The van der Waals surface area contributed by atoms with Gasteiger partial charge < -0.3 is 0 Å². The fourth-order valence-corrected chi connectivity index (χ4v) is 5.57. The third kappa shape index (κ3) is 4.81.